The van der Waals surface area contributed by atoms with Crippen LogP contribution in [-0.2, 0) is 19.6 Å². The Labute approximate surface area is 178 Å². The van der Waals surface area contributed by atoms with Crippen LogP contribution in [0.2, 0.25) is 0 Å². The maximum Gasteiger partial charge on any atom is 0.165 e. The van der Waals surface area contributed by atoms with Crippen molar-refractivity contribution in [2.45, 2.75) is 33.4 Å². The van der Waals surface area contributed by atoms with Crippen LogP contribution >= 0.6 is 0 Å². The molecule has 0 aliphatic rings. The fourth-order valence-corrected chi connectivity index (χ4v) is 3.20. The van der Waals surface area contributed by atoms with Crippen molar-refractivity contribution in [2.24, 2.45) is 0 Å². The summed E-state index contributed by atoms with van der Waals surface area (Å²) < 4.78 is 25.9. The standard InChI is InChI=1S/C26H28FNO2/c1-4-8-21-15-20(17-28-23-13-11-19(3)12-14-23)16-25(29-5-2)26(21)30-18-22-9-6-7-10-24(22)27/h4,6-7,9-16,28H,1,5,8,17-18H2,2-3H3. The quantitative estimate of drug-likeness (QED) is 0.393. The second-order valence-corrected chi connectivity index (χ2v) is 7.11. The number of hydrogen-bond donors (Lipinski definition) is 1. The molecule has 156 valence electrons. The lowest BCUT2D eigenvalue weighted by Crippen LogP contribution is -2.06. The van der Waals surface area contributed by atoms with Gasteiger partial charge in [-0.2, -0.15) is 0 Å². The molecule has 0 unspecified atom stereocenters. The molecule has 0 aliphatic carbocycles. The zero-order chi connectivity index (χ0) is 21.3. The summed E-state index contributed by atoms with van der Waals surface area (Å²) in [6, 6.07) is 19.0. The molecular formula is C26H28FNO2. The maximum absolute atomic E-state index is 14.0. The lowest BCUT2D eigenvalue weighted by molar-refractivity contribution is 0.263. The molecule has 0 saturated carbocycles. The molecule has 0 bridgehead atoms. The van der Waals surface area contributed by atoms with Crippen molar-refractivity contribution in [3.63, 3.8) is 0 Å². The van der Waals surface area contributed by atoms with Crippen molar-refractivity contribution in [3.05, 3.63) is 101 Å². The lowest BCUT2D eigenvalue weighted by Gasteiger charge is -2.18. The molecule has 0 radical (unpaired) electrons. The van der Waals surface area contributed by atoms with E-state index in [1.807, 2.05) is 19.1 Å². The third-order valence-electron chi connectivity index (χ3n) is 4.73. The monoisotopic (exact) mass is 405 g/mol. The van der Waals surface area contributed by atoms with Crippen LogP contribution < -0.4 is 14.8 Å². The van der Waals surface area contributed by atoms with Gasteiger partial charge in [-0.3, -0.25) is 0 Å². The Bertz CT molecular complexity index is 983. The van der Waals surface area contributed by atoms with Gasteiger partial charge in [0, 0.05) is 23.4 Å². The summed E-state index contributed by atoms with van der Waals surface area (Å²) in [5.74, 6) is 1.02. The number of rotatable bonds is 10. The van der Waals surface area contributed by atoms with Gasteiger partial charge in [0.1, 0.15) is 12.4 Å². The molecule has 4 heteroatoms. The molecule has 3 nitrogen and oxygen atoms in total. The minimum absolute atomic E-state index is 0.137. The fourth-order valence-electron chi connectivity index (χ4n) is 3.20. The van der Waals surface area contributed by atoms with Gasteiger partial charge in [-0.1, -0.05) is 42.0 Å². The van der Waals surface area contributed by atoms with E-state index in [2.05, 4.69) is 49.2 Å². The van der Waals surface area contributed by atoms with Gasteiger partial charge >= 0.3 is 0 Å². The first-order valence-corrected chi connectivity index (χ1v) is 10.2. The van der Waals surface area contributed by atoms with Gasteiger partial charge in [0.25, 0.3) is 0 Å². The number of ether oxygens (including phenoxy) is 2. The van der Waals surface area contributed by atoms with E-state index in [1.165, 1.54) is 11.6 Å². The second-order valence-electron chi connectivity index (χ2n) is 7.11. The van der Waals surface area contributed by atoms with E-state index in [4.69, 9.17) is 9.47 Å². The van der Waals surface area contributed by atoms with Crippen LogP contribution in [0.15, 0.2) is 73.3 Å². The van der Waals surface area contributed by atoms with Crippen LogP contribution in [-0.4, -0.2) is 6.61 Å². The van der Waals surface area contributed by atoms with Gasteiger partial charge in [-0.25, -0.2) is 4.39 Å². The third kappa shape index (κ3) is 5.63. The van der Waals surface area contributed by atoms with E-state index in [0.29, 0.717) is 36.6 Å². The third-order valence-corrected chi connectivity index (χ3v) is 4.73. The van der Waals surface area contributed by atoms with Crippen LogP contribution in [0.25, 0.3) is 0 Å². The van der Waals surface area contributed by atoms with Crippen LogP contribution in [0.3, 0.4) is 0 Å². The number of anilines is 1. The summed E-state index contributed by atoms with van der Waals surface area (Å²) in [5, 5.41) is 3.44. The van der Waals surface area contributed by atoms with Gasteiger partial charge in [-0.05, 0) is 56.2 Å². The summed E-state index contributed by atoms with van der Waals surface area (Å²) in [6.45, 7) is 9.17. The molecule has 30 heavy (non-hydrogen) atoms. The molecule has 3 aromatic carbocycles. The van der Waals surface area contributed by atoms with Crippen molar-refractivity contribution in [2.75, 3.05) is 11.9 Å². The summed E-state index contributed by atoms with van der Waals surface area (Å²) >= 11 is 0. The van der Waals surface area contributed by atoms with Crippen molar-refractivity contribution < 1.29 is 13.9 Å². The number of nitrogens with one attached hydrogen (secondary N) is 1. The summed E-state index contributed by atoms with van der Waals surface area (Å²) in [7, 11) is 0. The molecule has 0 aromatic heterocycles. The van der Waals surface area contributed by atoms with Gasteiger partial charge in [0.15, 0.2) is 11.5 Å². The highest BCUT2D eigenvalue weighted by Gasteiger charge is 2.14. The maximum atomic E-state index is 14.0. The Morgan fingerprint density at radius 1 is 1.00 bits per heavy atom. The molecule has 0 heterocycles. The molecule has 1 N–H and O–H groups in total. The zero-order valence-electron chi connectivity index (χ0n) is 17.6. The Balaban J connectivity index is 1.84. The Morgan fingerprint density at radius 2 is 1.77 bits per heavy atom. The van der Waals surface area contributed by atoms with E-state index in [-0.39, 0.29) is 12.4 Å². The largest absolute Gasteiger partial charge is 0.490 e. The van der Waals surface area contributed by atoms with Crippen molar-refractivity contribution in [3.8, 4) is 11.5 Å². The SMILES string of the molecule is C=CCc1cc(CNc2ccc(C)cc2)cc(OCC)c1OCc1ccccc1F. The van der Waals surface area contributed by atoms with Crippen LogP contribution in [0.5, 0.6) is 11.5 Å². The Morgan fingerprint density at radius 3 is 2.47 bits per heavy atom. The summed E-state index contributed by atoms with van der Waals surface area (Å²) in [5.41, 5.74) is 4.84. The predicted molar refractivity (Wildman–Crippen MR) is 121 cm³/mol. The van der Waals surface area contributed by atoms with Crippen molar-refractivity contribution in [1.82, 2.24) is 0 Å². The molecule has 0 atom stereocenters. The highest BCUT2D eigenvalue weighted by atomic mass is 19.1. The molecule has 0 amide bonds. The normalized spacial score (nSPS) is 10.5. The average molecular weight is 406 g/mol. The van der Waals surface area contributed by atoms with E-state index < -0.39 is 0 Å². The predicted octanol–water partition coefficient (Wildman–Crippen LogP) is 6.45. The Hall–Kier alpha value is -3.27. The lowest BCUT2D eigenvalue weighted by atomic mass is 10.0. The first kappa shape index (κ1) is 21.4. The number of halogens is 1. The minimum atomic E-state index is -0.278. The first-order chi connectivity index (χ1) is 14.6. The number of hydrogen-bond acceptors (Lipinski definition) is 3. The van der Waals surface area contributed by atoms with E-state index in [9.17, 15) is 4.39 Å². The second kappa shape index (κ2) is 10.5. The highest BCUT2D eigenvalue weighted by molar-refractivity contribution is 5.52. The van der Waals surface area contributed by atoms with Gasteiger partial charge in [-0.15, -0.1) is 6.58 Å². The highest BCUT2D eigenvalue weighted by Crippen LogP contribution is 2.35. The Kier molecular flexibility index (Phi) is 7.50. The molecular weight excluding hydrogens is 377 g/mol. The van der Waals surface area contributed by atoms with E-state index >= 15 is 0 Å². The van der Waals surface area contributed by atoms with Crippen LogP contribution in [0, 0.1) is 12.7 Å². The minimum Gasteiger partial charge on any atom is -0.490 e. The molecule has 3 aromatic rings. The topological polar surface area (TPSA) is 30.5 Å². The molecule has 0 aliphatic heterocycles. The smallest absolute Gasteiger partial charge is 0.165 e. The summed E-state index contributed by atoms with van der Waals surface area (Å²) in [4.78, 5) is 0. The average Bonchev–Trinajstić information content (AvgIpc) is 2.74. The van der Waals surface area contributed by atoms with E-state index in [1.54, 1.807) is 18.2 Å². The van der Waals surface area contributed by atoms with Crippen LogP contribution in [0.4, 0.5) is 10.1 Å². The number of aryl methyl sites for hydroxylation is 1. The summed E-state index contributed by atoms with van der Waals surface area (Å²) in [6.07, 6.45) is 2.46. The van der Waals surface area contributed by atoms with E-state index in [0.717, 1.165) is 16.8 Å². The molecule has 0 saturated heterocycles. The number of allylic oxidation sites excluding steroid dienone is 1. The van der Waals surface area contributed by atoms with Crippen molar-refractivity contribution in [1.29, 1.82) is 0 Å². The number of benzene rings is 3. The molecule has 0 fully saturated rings. The molecule has 0 spiro atoms. The molecule has 3 rings (SSSR count). The first-order valence-electron chi connectivity index (χ1n) is 10.2. The fraction of sp³-hybridized carbons (Fsp3) is 0.231. The zero-order valence-corrected chi connectivity index (χ0v) is 17.6. The van der Waals surface area contributed by atoms with Gasteiger partial charge < -0.3 is 14.8 Å². The van der Waals surface area contributed by atoms with Gasteiger partial charge in [0.05, 0.1) is 6.61 Å². The van der Waals surface area contributed by atoms with Gasteiger partial charge in [0.2, 0.25) is 0 Å². The van der Waals surface area contributed by atoms with Crippen LogP contribution in [0.1, 0.15) is 29.2 Å². The van der Waals surface area contributed by atoms with Crippen molar-refractivity contribution >= 4 is 5.69 Å².